The molecule has 1 fully saturated rings. The first kappa shape index (κ1) is 12.9. The number of hydrogen-bond acceptors (Lipinski definition) is 2. The van der Waals surface area contributed by atoms with E-state index in [9.17, 15) is 9.18 Å². The maximum absolute atomic E-state index is 13.8. The molecule has 1 amide bonds. The molecule has 0 atom stereocenters. The van der Waals surface area contributed by atoms with Crippen LogP contribution in [0, 0.1) is 5.82 Å². The molecule has 0 unspecified atom stereocenters. The van der Waals surface area contributed by atoms with Gasteiger partial charge in [0.25, 0.3) is 5.91 Å². The largest absolute Gasteiger partial charge is 0.459 e. The van der Waals surface area contributed by atoms with E-state index in [4.69, 9.17) is 4.42 Å². The van der Waals surface area contributed by atoms with Gasteiger partial charge in [0, 0.05) is 13.1 Å². The van der Waals surface area contributed by atoms with Crippen molar-refractivity contribution in [3.8, 4) is 0 Å². The van der Waals surface area contributed by atoms with Crippen molar-refractivity contribution in [1.82, 2.24) is 4.90 Å². The normalized spacial score (nSPS) is 16.4. The lowest BCUT2D eigenvalue weighted by molar-refractivity contribution is 0.0680. The molecule has 0 radical (unpaired) electrons. The van der Waals surface area contributed by atoms with E-state index in [2.05, 4.69) is 0 Å². The number of rotatable bonds is 2. The number of amides is 1. The molecule has 3 rings (SSSR count). The van der Waals surface area contributed by atoms with Crippen LogP contribution < -0.4 is 0 Å². The fraction of sp³-hybridized carbons (Fsp3) is 0.312. The highest BCUT2D eigenvalue weighted by Crippen LogP contribution is 2.30. The van der Waals surface area contributed by atoms with Crippen LogP contribution in [0.25, 0.3) is 0 Å². The van der Waals surface area contributed by atoms with Gasteiger partial charge in [0.15, 0.2) is 5.76 Å². The van der Waals surface area contributed by atoms with Crippen LogP contribution in [-0.4, -0.2) is 23.9 Å². The Kier molecular flexibility index (Phi) is 3.54. The number of piperidine rings is 1. The molecule has 0 saturated carbocycles. The Labute approximate surface area is 117 Å². The Morgan fingerprint density at radius 3 is 2.55 bits per heavy atom. The van der Waals surface area contributed by atoms with Crippen LogP contribution in [-0.2, 0) is 0 Å². The summed E-state index contributed by atoms with van der Waals surface area (Å²) in [6.07, 6.45) is 3.07. The molecule has 1 aromatic carbocycles. The van der Waals surface area contributed by atoms with E-state index in [0.717, 1.165) is 18.4 Å². The molecule has 1 aromatic heterocycles. The molecule has 20 heavy (non-hydrogen) atoms. The number of nitrogens with zero attached hydrogens (tertiary/aromatic N) is 1. The van der Waals surface area contributed by atoms with Crippen LogP contribution in [0.2, 0.25) is 0 Å². The molecule has 1 aliphatic heterocycles. The zero-order valence-electron chi connectivity index (χ0n) is 11.1. The first-order valence-electron chi connectivity index (χ1n) is 6.83. The van der Waals surface area contributed by atoms with Crippen LogP contribution in [0.5, 0.6) is 0 Å². The third kappa shape index (κ3) is 2.46. The minimum atomic E-state index is -0.150. The van der Waals surface area contributed by atoms with Crippen LogP contribution >= 0.6 is 0 Å². The van der Waals surface area contributed by atoms with Gasteiger partial charge in [0.1, 0.15) is 5.82 Å². The number of carbonyl (C=O) groups excluding carboxylic acids is 1. The molecule has 2 aromatic rings. The van der Waals surface area contributed by atoms with Gasteiger partial charge in [-0.2, -0.15) is 0 Å². The van der Waals surface area contributed by atoms with E-state index < -0.39 is 0 Å². The van der Waals surface area contributed by atoms with Gasteiger partial charge in [0.05, 0.1) is 6.26 Å². The second-order valence-corrected chi connectivity index (χ2v) is 5.07. The summed E-state index contributed by atoms with van der Waals surface area (Å²) < 4.78 is 18.9. The molecule has 4 heteroatoms. The number of halogens is 1. The van der Waals surface area contributed by atoms with E-state index in [1.54, 1.807) is 23.1 Å². The maximum Gasteiger partial charge on any atom is 0.289 e. The number of hydrogen-bond donors (Lipinski definition) is 0. The maximum atomic E-state index is 13.8. The van der Waals surface area contributed by atoms with Gasteiger partial charge < -0.3 is 9.32 Å². The van der Waals surface area contributed by atoms with Crippen molar-refractivity contribution in [1.29, 1.82) is 0 Å². The summed E-state index contributed by atoms with van der Waals surface area (Å²) in [5, 5.41) is 0. The lowest BCUT2D eigenvalue weighted by Gasteiger charge is -2.31. The Balaban J connectivity index is 1.65. The van der Waals surface area contributed by atoms with Crippen molar-refractivity contribution < 1.29 is 13.6 Å². The van der Waals surface area contributed by atoms with Crippen LogP contribution in [0.15, 0.2) is 47.1 Å². The highest BCUT2D eigenvalue weighted by Gasteiger charge is 2.26. The zero-order valence-corrected chi connectivity index (χ0v) is 11.1. The molecule has 0 aliphatic carbocycles. The average molecular weight is 273 g/mol. The SMILES string of the molecule is O=C(c1ccco1)N1CCC(c2ccccc2F)CC1. The van der Waals surface area contributed by atoms with Crippen LogP contribution in [0.3, 0.4) is 0 Å². The molecule has 3 nitrogen and oxygen atoms in total. The van der Waals surface area contributed by atoms with E-state index in [1.165, 1.54) is 12.3 Å². The highest BCUT2D eigenvalue weighted by molar-refractivity contribution is 5.91. The molecule has 0 N–H and O–H groups in total. The van der Waals surface area contributed by atoms with Gasteiger partial charge in [-0.25, -0.2) is 4.39 Å². The summed E-state index contributed by atoms with van der Waals surface area (Å²) in [5.74, 6) is 0.330. The number of carbonyl (C=O) groups is 1. The fourth-order valence-electron chi connectivity index (χ4n) is 2.76. The number of benzene rings is 1. The summed E-state index contributed by atoms with van der Waals surface area (Å²) in [6.45, 7) is 1.27. The molecular formula is C16H16FNO2. The van der Waals surface area contributed by atoms with Crippen LogP contribution in [0.4, 0.5) is 4.39 Å². The van der Waals surface area contributed by atoms with E-state index >= 15 is 0 Å². The monoisotopic (exact) mass is 273 g/mol. The first-order chi connectivity index (χ1) is 9.75. The van der Waals surface area contributed by atoms with E-state index in [0.29, 0.717) is 18.8 Å². The lowest BCUT2D eigenvalue weighted by atomic mass is 9.89. The molecule has 2 heterocycles. The second kappa shape index (κ2) is 5.49. The molecular weight excluding hydrogens is 257 g/mol. The molecule has 1 aliphatic rings. The third-order valence-corrected chi connectivity index (χ3v) is 3.86. The van der Waals surface area contributed by atoms with E-state index in [1.807, 2.05) is 12.1 Å². The van der Waals surface area contributed by atoms with Gasteiger partial charge in [-0.3, -0.25) is 4.79 Å². The van der Waals surface area contributed by atoms with Crippen molar-refractivity contribution in [3.05, 3.63) is 59.8 Å². The second-order valence-electron chi connectivity index (χ2n) is 5.07. The Morgan fingerprint density at radius 2 is 1.90 bits per heavy atom. The molecule has 0 bridgehead atoms. The molecule has 0 spiro atoms. The zero-order chi connectivity index (χ0) is 13.9. The Morgan fingerprint density at radius 1 is 1.15 bits per heavy atom. The minimum absolute atomic E-state index is 0.0815. The minimum Gasteiger partial charge on any atom is -0.459 e. The molecule has 104 valence electrons. The Bertz CT molecular complexity index is 586. The first-order valence-corrected chi connectivity index (χ1v) is 6.83. The van der Waals surface area contributed by atoms with Crippen molar-refractivity contribution in [2.45, 2.75) is 18.8 Å². The van der Waals surface area contributed by atoms with Gasteiger partial charge in [0.2, 0.25) is 0 Å². The predicted octanol–water partition coefficient (Wildman–Crippen LogP) is 3.44. The van der Waals surface area contributed by atoms with Crippen molar-refractivity contribution in [2.75, 3.05) is 13.1 Å². The summed E-state index contributed by atoms with van der Waals surface area (Å²) in [5.41, 5.74) is 0.762. The average Bonchev–Trinajstić information content (AvgIpc) is 3.01. The summed E-state index contributed by atoms with van der Waals surface area (Å²) in [7, 11) is 0. The lowest BCUT2D eigenvalue weighted by Crippen LogP contribution is -2.37. The van der Waals surface area contributed by atoms with Crippen molar-refractivity contribution in [2.24, 2.45) is 0 Å². The predicted molar refractivity (Wildman–Crippen MR) is 73.0 cm³/mol. The summed E-state index contributed by atoms with van der Waals surface area (Å²) >= 11 is 0. The van der Waals surface area contributed by atoms with Gasteiger partial charge in [-0.1, -0.05) is 18.2 Å². The quantitative estimate of drug-likeness (QED) is 0.839. The summed E-state index contributed by atoms with van der Waals surface area (Å²) in [4.78, 5) is 13.9. The topological polar surface area (TPSA) is 33.5 Å². The number of likely N-dealkylation sites (tertiary alicyclic amines) is 1. The smallest absolute Gasteiger partial charge is 0.289 e. The van der Waals surface area contributed by atoms with Gasteiger partial charge in [-0.05, 0) is 42.5 Å². The molecule has 1 saturated heterocycles. The third-order valence-electron chi connectivity index (χ3n) is 3.86. The standard InChI is InChI=1S/C16H16FNO2/c17-14-5-2-1-4-13(14)12-7-9-18(10-8-12)16(19)15-6-3-11-20-15/h1-6,11-12H,7-10H2. The van der Waals surface area contributed by atoms with Gasteiger partial charge >= 0.3 is 0 Å². The van der Waals surface area contributed by atoms with Crippen LogP contribution in [0.1, 0.15) is 34.9 Å². The van der Waals surface area contributed by atoms with Crippen molar-refractivity contribution >= 4 is 5.91 Å². The van der Waals surface area contributed by atoms with Gasteiger partial charge in [-0.15, -0.1) is 0 Å². The number of furan rings is 1. The van der Waals surface area contributed by atoms with Crippen molar-refractivity contribution in [3.63, 3.8) is 0 Å². The Hall–Kier alpha value is -2.10. The summed E-state index contributed by atoms with van der Waals surface area (Å²) in [6, 6.07) is 10.3. The highest BCUT2D eigenvalue weighted by atomic mass is 19.1. The van der Waals surface area contributed by atoms with E-state index in [-0.39, 0.29) is 17.6 Å². The fourth-order valence-corrected chi connectivity index (χ4v) is 2.76.